The molecule has 1 atom stereocenters. The molecule has 3 rings (SSSR count). The van der Waals surface area contributed by atoms with Gasteiger partial charge in [0, 0.05) is 11.9 Å². The summed E-state index contributed by atoms with van der Waals surface area (Å²) in [4.78, 5) is 21.0. The van der Waals surface area contributed by atoms with E-state index in [1.807, 2.05) is 48.5 Å². The van der Waals surface area contributed by atoms with E-state index in [1.54, 1.807) is 19.2 Å². The van der Waals surface area contributed by atoms with E-state index < -0.39 is 6.04 Å². The molecule has 3 aromatic rings. The van der Waals surface area contributed by atoms with Gasteiger partial charge in [-0.2, -0.15) is 5.26 Å². The summed E-state index contributed by atoms with van der Waals surface area (Å²) in [6, 6.07) is 19.3. The molecule has 0 bridgehead atoms. The second kappa shape index (κ2) is 9.89. The van der Waals surface area contributed by atoms with Gasteiger partial charge in [-0.1, -0.05) is 24.3 Å². The highest BCUT2D eigenvalue weighted by Gasteiger charge is 2.16. The second-order valence-electron chi connectivity index (χ2n) is 6.47. The lowest BCUT2D eigenvalue weighted by molar-refractivity contribution is 0.102. The van der Waals surface area contributed by atoms with Crippen molar-refractivity contribution in [2.75, 3.05) is 19.5 Å². The Morgan fingerprint density at radius 3 is 2.52 bits per heavy atom. The van der Waals surface area contributed by atoms with Crippen LogP contribution in [-0.4, -0.2) is 31.1 Å². The monoisotopic (exact) mass is 415 g/mol. The number of hydrogen-bond acceptors (Lipinski definition) is 6. The minimum absolute atomic E-state index is 0.0389. The Kier molecular flexibility index (Phi) is 6.81. The number of methoxy groups -OCH3 is 2. The molecule has 8 nitrogen and oxygen atoms in total. The van der Waals surface area contributed by atoms with Crippen molar-refractivity contribution in [2.24, 2.45) is 10.7 Å². The predicted molar refractivity (Wildman–Crippen MR) is 117 cm³/mol. The minimum Gasteiger partial charge on any atom is -0.497 e. The fourth-order valence-corrected chi connectivity index (χ4v) is 2.88. The maximum absolute atomic E-state index is 12.5. The summed E-state index contributed by atoms with van der Waals surface area (Å²) in [7, 11) is 3.05. The third kappa shape index (κ3) is 5.36. The van der Waals surface area contributed by atoms with Crippen LogP contribution >= 0.6 is 0 Å². The molecule has 0 radical (unpaired) electrons. The number of nitrogens with zero attached hydrogens (tertiary/aromatic N) is 3. The summed E-state index contributed by atoms with van der Waals surface area (Å²) in [5.74, 6) is 0.338. The molecule has 2 aromatic carbocycles. The van der Waals surface area contributed by atoms with Crippen LogP contribution in [0.5, 0.6) is 5.75 Å². The highest BCUT2D eigenvalue weighted by Crippen LogP contribution is 2.29. The average molecular weight is 415 g/mol. The third-order valence-electron chi connectivity index (χ3n) is 4.48. The normalized spacial score (nSPS) is 11.8. The number of hydrogen-bond donors (Lipinski definition) is 2. The van der Waals surface area contributed by atoms with E-state index in [2.05, 4.69) is 15.3 Å². The van der Waals surface area contributed by atoms with Gasteiger partial charge in [-0.05, 0) is 47.5 Å². The van der Waals surface area contributed by atoms with Crippen molar-refractivity contribution in [3.8, 4) is 11.8 Å². The Morgan fingerprint density at radius 2 is 1.90 bits per heavy atom. The number of carbonyl (C=O) groups excluding carboxylic acids is 1. The summed E-state index contributed by atoms with van der Waals surface area (Å²) >= 11 is 0. The molecule has 0 fully saturated rings. The van der Waals surface area contributed by atoms with E-state index in [0.29, 0.717) is 11.3 Å². The number of aliphatic imine (C=N–C) groups is 1. The highest BCUT2D eigenvalue weighted by atomic mass is 16.5. The molecule has 1 heterocycles. The van der Waals surface area contributed by atoms with E-state index in [0.717, 1.165) is 16.9 Å². The first-order valence-electron chi connectivity index (χ1n) is 9.32. The quantitative estimate of drug-likeness (QED) is 0.471. The van der Waals surface area contributed by atoms with Crippen molar-refractivity contribution in [3.63, 3.8) is 0 Å². The first-order chi connectivity index (χ1) is 15.0. The van der Waals surface area contributed by atoms with Crippen molar-refractivity contribution in [1.29, 1.82) is 5.26 Å². The molecular formula is C23H21N5O3. The Morgan fingerprint density at radius 1 is 1.13 bits per heavy atom. The van der Waals surface area contributed by atoms with Gasteiger partial charge in [0.05, 0.1) is 19.8 Å². The smallest absolute Gasteiger partial charge is 0.282 e. The number of aromatic nitrogens is 1. The lowest BCUT2D eigenvalue weighted by Crippen LogP contribution is -2.16. The van der Waals surface area contributed by atoms with Crippen molar-refractivity contribution in [2.45, 2.75) is 6.04 Å². The molecule has 0 spiro atoms. The fraction of sp³-hybridized carbons (Fsp3) is 0.130. The predicted octanol–water partition coefficient (Wildman–Crippen LogP) is 3.26. The number of rotatable bonds is 6. The number of pyridine rings is 1. The number of amides is 1. The zero-order chi connectivity index (χ0) is 22.2. The van der Waals surface area contributed by atoms with Crippen molar-refractivity contribution < 1.29 is 14.3 Å². The van der Waals surface area contributed by atoms with Gasteiger partial charge in [0.25, 0.3) is 11.9 Å². The van der Waals surface area contributed by atoms with Crippen LogP contribution in [0.15, 0.2) is 71.9 Å². The van der Waals surface area contributed by atoms with Gasteiger partial charge in [0.2, 0.25) is 0 Å². The summed E-state index contributed by atoms with van der Waals surface area (Å²) in [5, 5.41) is 11.7. The lowest BCUT2D eigenvalue weighted by atomic mass is 9.98. The topological polar surface area (TPSA) is 123 Å². The van der Waals surface area contributed by atoms with Gasteiger partial charge in [0.15, 0.2) is 0 Å². The molecule has 1 unspecified atom stereocenters. The number of amidine groups is 1. The molecule has 1 amide bonds. The molecule has 156 valence electrons. The average Bonchev–Trinajstić information content (AvgIpc) is 2.82. The minimum atomic E-state index is -0.448. The van der Waals surface area contributed by atoms with Gasteiger partial charge >= 0.3 is 0 Å². The van der Waals surface area contributed by atoms with Crippen LogP contribution in [0.3, 0.4) is 0 Å². The summed E-state index contributed by atoms with van der Waals surface area (Å²) < 4.78 is 10.3. The molecule has 0 aliphatic carbocycles. The van der Waals surface area contributed by atoms with Gasteiger partial charge in [-0.15, -0.1) is 0 Å². The van der Waals surface area contributed by atoms with Gasteiger partial charge in [-0.3, -0.25) is 4.79 Å². The number of nitrogens with one attached hydrogen (secondary N) is 1. The van der Waals surface area contributed by atoms with Gasteiger partial charge in [0.1, 0.15) is 23.6 Å². The zero-order valence-corrected chi connectivity index (χ0v) is 17.1. The Balaban J connectivity index is 1.89. The molecule has 8 heteroatoms. The Labute approximate surface area is 180 Å². The molecular weight excluding hydrogens is 394 g/mol. The van der Waals surface area contributed by atoms with E-state index >= 15 is 0 Å². The molecule has 1 aromatic heterocycles. The summed E-state index contributed by atoms with van der Waals surface area (Å²) in [6.07, 6.45) is 1.35. The Hall–Kier alpha value is -4.38. The standard InChI is InChI=1S/C23H21N5O3/c1-30-19-9-7-16(8-10-19)21(28-23(25)31-2)17-4-3-5-18(12-17)27-22(29)20-11-6-15(13-24)14-26-20/h3-12,14,21H,1-2H3,(H2,25,28)(H,27,29). The number of carbonyl (C=O) groups is 1. The van der Waals surface area contributed by atoms with Crippen LogP contribution in [0.25, 0.3) is 0 Å². The van der Waals surface area contributed by atoms with E-state index in [1.165, 1.54) is 19.4 Å². The van der Waals surface area contributed by atoms with Crippen molar-refractivity contribution in [1.82, 2.24) is 4.98 Å². The van der Waals surface area contributed by atoms with Crippen LogP contribution in [0.1, 0.15) is 33.2 Å². The SMILES string of the molecule is COC(N)=NC(c1ccc(OC)cc1)c1cccc(NC(=O)c2ccc(C#N)cn2)c1. The zero-order valence-electron chi connectivity index (χ0n) is 17.1. The second-order valence-corrected chi connectivity index (χ2v) is 6.47. The van der Waals surface area contributed by atoms with E-state index in [-0.39, 0.29) is 17.6 Å². The maximum Gasteiger partial charge on any atom is 0.282 e. The molecule has 31 heavy (non-hydrogen) atoms. The van der Waals surface area contributed by atoms with Crippen LogP contribution in [0.2, 0.25) is 0 Å². The summed E-state index contributed by atoms with van der Waals surface area (Å²) in [5.41, 5.74) is 8.66. The molecule has 0 saturated heterocycles. The first kappa shape index (κ1) is 21.3. The van der Waals surface area contributed by atoms with Crippen LogP contribution < -0.4 is 15.8 Å². The molecule has 3 N–H and O–H groups in total. The number of nitrogens with two attached hydrogens (primary N) is 1. The molecule has 0 saturated carbocycles. The lowest BCUT2D eigenvalue weighted by Gasteiger charge is -2.16. The third-order valence-corrected chi connectivity index (χ3v) is 4.48. The number of anilines is 1. The van der Waals surface area contributed by atoms with Gasteiger partial charge < -0.3 is 20.5 Å². The van der Waals surface area contributed by atoms with Crippen molar-refractivity contribution in [3.05, 3.63) is 89.2 Å². The highest BCUT2D eigenvalue weighted by molar-refractivity contribution is 6.02. The van der Waals surface area contributed by atoms with Crippen LogP contribution in [0.4, 0.5) is 5.69 Å². The molecule has 0 aliphatic rings. The Bertz CT molecular complexity index is 1120. The van der Waals surface area contributed by atoms with E-state index in [9.17, 15) is 4.79 Å². The number of ether oxygens (including phenoxy) is 2. The molecule has 0 aliphatic heterocycles. The summed E-state index contributed by atoms with van der Waals surface area (Å²) in [6.45, 7) is 0. The van der Waals surface area contributed by atoms with Crippen molar-refractivity contribution >= 4 is 17.6 Å². The fourth-order valence-electron chi connectivity index (χ4n) is 2.88. The maximum atomic E-state index is 12.5. The van der Waals surface area contributed by atoms with E-state index in [4.69, 9.17) is 20.5 Å². The largest absolute Gasteiger partial charge is 0.497 e. The number of nitriles is 1. The van der Waals surface area contributed by atoms with Crippen LogP contribution in [-0.2, 0) is 4.74 Å². The first-order valence-corrected chi connectivity index (χ1v) is 9.32. The van der Waals surface area contributed by atoms with Crippen LogP contribution in [0, 0.1) is 11.3 Å². The van der Waals surface area contributed by atoms with Gasteiger partial charge in [-0.25, -0.2) is 9.98 Å². The number of benzene rings is 2.